The van der Waals surface area contributed by atoms with Crippen LogP contribution in [0, 0.1) is 23.4 Å². The average Bonchev–Trinajstić information content (AvgIpc) is 2.89. The zero-order valence-corrected chi connectivity index (χ0v) is 20.4. The van der Waals surface area contributed by atoms with E-state index in [9.17, 15) is 13.9 Å². The molecular formula is C30H31F3O3. The Morgan fingerprint density at radius 3 is 2.31 bits per heavy atom. The molecule has 1 atom stereocenters. The summed E-state index contributed by atoms with van der Waals surface area (Å²) in [6.07, 6.45) is 3.97. The van der Waals surface area contributed by atoms with Gasteiger partial charge in [0.1, 0.15) is 12.4 Å². The molecule has 6 heteroatoms. The van der Waals surface area contributed by atoms with Crippen molar-refractivity contribution in [2.45, 2.75) is 44.6 Å². The number of benzene rings is 3. The van der Waals surface area contributed by atoms with E-state index in [1.54, 1.807) is 61.5 Å². The first-order valence-corrected chi connectivity index (χ1v) is 12.3. The van der Waals surface area contributed by atoms with Crippen LogP contribution in [-0.2, 0) is 0 Å². The van der Waals surface area contributed by atoms with Crippen molar-refractivity contribution in [3.8, 4) is 22.6 Å². The van der Waals surface area contributed by atoms with Crippen molar-refractivity contribution in [1.82, 2.24) is 0 Å². The smallest absolute Gasteiger partial charge is 0.168 e. The molecule has 1 fully saturated rings. The molecule has 3 aromatic carbocycles. The van der Waals surface area contributed by atoms with Crippen molar-refractivity contribution in [3.63, 3.8) is 0 Å². The molecule has 1 unspecified atom stereocenters. The van der Waals surface area contributed by atoms with Gasteiger partial charge in [-0.05, 0) is 73.3 Å². The summed E-state index contributed by atoms with van der Waals surface area (Å²) in [4.78, 5) is 0. The van der Waals surface area contributed by atoms with E-state index in [-0.39, 0.29) is 23.1 Å². The van der Waals surface area contributed by atoms with Gasteiger partial charge in [0.25, 0.3) is 0 Å². The summed E-state index contributed by atoms with van der Waals surface area (Å²) in [7, 11) is 0. The van der Waals surface area contributed by atoms with Crippen molar-refractivity contribution >= 4 is 0 Å². The lowest BCUT2D eigenvalue weighted by molar-refractivity contribution is 0.193. The zero-order chi connectivity index (χ0) is 25.7. The Bertz CT molecular complexity index is 1180. The molecule has 0 spiro atoms. The summed E-state index contributed by atoms with van der Waals surface area (Å²) in [5, 5.41) is 9.66. The highest BCUT2D eigenvalue weighted by Gasteiger charge is 2.27. The zero-order valence-electron chi connectivity index (χ0n) is 20.4. The Labute approximate surface area is 210 Å². The van der Waals surface area contributed by atoms with Crippen LogP contribution in [0.5, 0.6) is 11.5 Å². The second kappa shape index (κ2) is 11.7. The van der Waals surface area contributed by atoms with E-state index in [2.05, 4.69) is 6.58 Å². The lowest BCUT2D eigenvalue weighted by Gasteiger charge is -2.29. The minimum atomic E-state index is -0.848. The minimum Gasteiger partial charge on any atom is -0.490 e. The first-order valence-electron chi connectivity index (χ1n) is 12.3. The fourth-order valence-corrected chi connectivity index (χ4v) is 4.74. The van der Waals surface area contributed by atoms with Crippen molar-refractivity contribution in [2.75, 3.05) is 13.2 Å². The highest BCUT2D eigenvalue weighted by molar-refractivity contribution is 5.65. The van der Waals surface area contributed by atoms with Gasteiger partial charge in [-0.25, -0.2) is 13.2 Å². The van der Waals surface area contributed by atoms with Gasteiger partial charge in [-0.1, -0.05) is 49.1 Å². The van der Waals surface area contributed by atoms with E-state index in [4.69, 9.17) is 9.47 Å². The van der Waals surface area contributed by atoms with Gasteiger partial charge >= 0.3 is 0 Å². The topological polar surface area (TPSA) is 38.7 Å². The van der Waals surface area contributed by atoms with Crippen molar-refractivity contribution in [3.05, 3.63) is 95.8 Å². The second-order valence-electron chi connectivity index (χ2n) is 9.35. The van der Waals surface area contributed by atoms with E-state index in [0.29, 0.717) is 48.5 Å². The molecule has 0 bridgehead atoms. The molecule has 190 valence electrons. The minimum absolute atomic E-state index is 0.0690. The lowest BCUT2D eigenvalue weighted by atomic mass is 9.78. The largest absolute Gasteiger partial charge is 0.490 e. The molecule has 0 aromatic heterocycles. The Morgan fingerprint density at radius 2 is 1.67 bits per heavy atom. The number of hydrogen-bond donors (Lipinski definition) is 1. The van der Waals surface area contributed by atoms with Gasteiger partial charge in [-0.2, -0.15) is 0 Å². The van der Waals surface area contributed by atoms with Crippen LogP contribution in [0.2, 0.25) is 0 Å². The summed E-state index contributed by atoms with van der Waals surface area (Å²) < 4.78 is 55.4. The molecule has 0 aliphatic heterocycles. The van der Waals surface area contributed by atoms with Crippen LogP contribution < -0.4 is 9.47 Å². The monoisotopic (exact) mass is 496 g/mol. The van der Waals surface area contributed by atoms with Gasteiger partial charge in [0, 0.05) is 11.6 Å². The highest BCUT2D eigenvalue weighted by atomic mass is 19.2. The molecule has 0 radical (unpaired) electrons. The van der Waals surface area contributed by atoms with E-state index in [0.717, 1.165) is 12.8 Å². The molecule has 0 saturated heterocycles. The number of halogens is 3. The molecule has 1 aliphatic carbocycles. The van der Waals surface area contributed by atoms with E-state index in [1.165, 1.54) is 6.07 Å². The Hall–Kier alpha value is -3.25. The maximum atomic E-state index is 15.1. The molecule has 3 aromatic rings. The van der Waals surface area contributed by atoms with Gasteiger partial charge in [-0.3, -0.25) is 0 Å². The SMILES string of the molecule is C=CCOc1ccc(OCC2CCC(c3ccc(-c4ccc(C(C)O)cc4)c(F)c3F)CC2)c(F)c1. The van der Waals surface area contributed by atoms with Crippen molar-refractivity contribution in [2.24, 2.45) is 5.92 Å². The van der Waals surface area contributed by atoms with Gasteiger partial charge in [0.15, 0.2) is 23.2 Å². The lowest BCUT2D eigenvalue weighted by Crippen LogP contribution is -2.20. The van der Waals surface area contributed by atoms with Crippen LogP contribution in [0.15, 0.2) is 67.3 Å². The van der Waals surface area contributed by atoms with Gasteiger partial charge in [-0.15, -0.1) is 0 Å². The number of hydrogen-bond acceptors (Lipinski definition) is 3. The quantitative estimate of drug-likeness (QED) is 0.308. The number of aliphatic hydroxyl groups excluding tert-OH is 1. The van der Waals surface area contributed by atoms with Gasteiger partial charge in [0.2, 0.25) is 0 Å². The van der Waals surface area contributed by atoms with Crippen LogP contribution in [-0.4, -0.2) is 18.3 Å². The molecule has 0 heterocycles. The molecule has 4 rings (SSSR count). The molecule has 1 aliphatic rings. The molecule has 36 heavy (non-hydrogen) atoms. The predicted octanol–water partition coefficient (Wildman–Crippen LogP) is 7.74. The Balaban J connectivity index is 1.35. The first-order chi connectivity index (χ1) is 17.4. The third kappa shape index (κ3) is 5.93. The van der Waals surface area contributed by atoms with Crippen LogP contribution in [0.25, 0.3) is 11.1 Å². The molecule has 1 saturated carbocycles. The molecular weight excluding hydrogens is 465 g/mol. The summed E-state index contributed by atoms with van der Waals surface area (Å²) in [5.74, 6) is -1.39. The maximum Gasteiger partial charge on any atom is 0.168 e. The van der Waals surface area contributed by atoms with Crippen LogP contribution in [0.1, 0.15) is 55.8 Å². The van der Waals surface area contributed by atoms with E-state index < -0.39 is 23.6 Å². The van der Waals surface area contributed by atoms with E-state index in [1.807, 2.05) is 0 Å². The van der Waals surface area contributed by atoms with Crippen molar-refractivity contribution < 1.29 is 27.8 Å². The highest BCUT2D eigenvalue weighted by Crippen LogP contribution is 2.39. The molecule has 1 N–H and O–H groups in total. The second-order valence-corrected chi connectivity index (χ2v) is 9.35. The van der Waals surface area contributed by atoms with Crippen LogP contribution in [0.3, 0.4) is 0 Å². The van der Waals surface area contributed by atoms with E-state index >= 15 is 4.39 Å². The Morgan fingerprint density at radius 1 is 0.944 bits per heavy atom. The number of rotatable bonds is 9. The predicted molar refractivity (Wildman–Crippen MR) is 135 cm³/mol. The third-order valence-corrected chi connectivity index (χ3v) is 6.85. The summed E-state index contributed by atoms with van der Waals surface area (Å²) in [6, 6.07) is 14.6. The fourth-order valence-electron chi connectivity index (χ4n) is 4.74. The van der Waals surface area contributed by atoms with Crippen molar-refractivity contribution in [1.29, 1.82) is 0 Å². The Kier molecular flexibility index (Phi) is 8.36. The fraction of sp³-hybridized carbons (Fsp3) is 0.333. The molecule has 3 nitrogen and oxygen atoms in total. The maximum absolute atomic E-state index is 15.1. The van der Waals surface area contributed by atoms with Gasteiger partial charge < -0.3 is 14.6 Å². The van der Waals surface area contributed by atoms with Crippen LogP contribution in [0.4, 0.5) is 13.2 Å². The van der Waals surface area contributed by atoms with Gasteiger partial charge in [0.05, 0.1) is 12.7 Å². The third-order valence-electron chi connectivity index (χ3n) is 6.85. The standard InChI is InChI=1S/C30H31F3O3/c1-3-16-35-24-12-15-28(27(31)17-24)36-18-20-4-6-22(7-5-20)25-13-14-26(30(33)29(25)32)23-10-8-21(9-11-23)19(2)34/h3,8-15,17,19-20,22,34H,1,4-7,16,18H2,2H3. The average molecular weight is 497 g/mol. The summed E-state index contributed by atoms with van der Waals surface area (Å²) in [5.41, 5.74) is 1.89. The normalized spacial score (nSPS) is 18.5. The van der Waals surface area contributed by atoms with Crippen LogP contribution >= 0.6 is 0 Å². The summed E-state index contributed by atoms with van der Waals surface area (Å²) in [6.45, 7) is 5.89. The number of aliphatic hydroxyl groups is 1. The summed E-state index contributed by atoms with van der Waals surface area (Å²) >= 11 is 0. The first kappa shape index (κ1) is 25.8. The number of ether oxygens (including phenoxy) is 2. The molecule has 0 amide bonds.